The highest BCUT2D eigenvalue weighted by atomic mass is 35.5. The van der Waals surface area contributed by atoms with Crippen LogP contribution in [0.5, 0.6) is 0 Å². The van der Waals surface area contributed by atoms with Crippen molar-refractivity contribution >= 4 is 18.3 Å². The van der Waals surface area contributed by atoms with Gasteiger partial charge in [-0.05, 0) is 29.5 Å². The summed E-state index contributed by atoms with van der Waals surface area (Å²) < 4.78 is 0. The molecule has 2 aliphatic heterocycles. The minimum atomic E-state index is -0.174. The molecule has 3 aromatic rings. The zero-order valence-electron chi connectivity index (χ0n) is 17.4. The van der Waals surface area contributed by atoms with Crippen LogP contribution in [-0.2, 0) is 17.6 Å². The van der Waals surface area contributed by atoms with E-state index in [1.807, 2.05) is 30.3 Å². The maximum absolute atomic E-state index is 13.4. The van der Waals surface area contributed by atoms with Gasteiger partial charge < -0.3 is 10.2 Å². The van der Waals surface area contributed by atoms with Crippen molar-refractivity contribution in [2.45, 2.75) is 37.1 Å². The normalized spacial score (nSPS) is 25.0. The quantitative estimate of drug-likeness (QED) is 0.644. The molecular formula is C26H28ClN3O. The summed E-state index contributed by atoms with van der Waals surface area (Å²) >= 11 is 0. The van der Waals surface area contributed by atoms with Crippen molar-refractivity contribution in [3.8, 4) is 0 Å². The predicted molar refractivity (Wildman–Crippen MR) is 126 cm³/mol. The van der Waals surface area contributed by atoms with Crippen LogP contribution in [0.15, 0.2) is 91.0 Å². The maximum Gasteiger partial charge on any atom is 0.241 e. The van der Waals surface area contributed by atoms with E-state index in [1.54, 1.807) is 0 Å². The first kappa shape index (κ1) is 21.6. The second-order valence-electron chi connectivity index (χ2n) is 8.27. The highest BCUT2D eigenvalue weighted by molar-refractivity contribution is 5.85. The number of amides is 1. The summed E-state index contributed by atoms with van der Waals surface area (Å²) in [6.07, 6.45) is 1.61. The van der Waals surface area contributed by atoms with Crippen LogP contribution in [0.1, 0.15) is 22.7 Å². The van der Waals surface area contributed by atoms with Crippen LogP contribution < -0.4 is 10.6 Å². The fourth-order valence-electron chi connectivity index (χ4n) is 4.76. The summed E-state index contributed by atoms with van der Waals surface area (Å²) in [5.41, 5.74) is 3.70. The first-order valence-electron chi connectivity index (χ1n) is 10.7. The SMILES string of the molecule is Cl.O=C1C(Cc2ccccc2)NC2C(Cc3ccccc3)NC(c3ccccc3)CN12. The molecule has 2 N–H and O–H groups in total. The average molecular weight is 434 g/mol. The third-order valence-corrected chi connectivity index (χ3v) is 6.25. The van der Waals surface area contributed by atoms with Gasteiger partial charge in [0.15, 0.2) is 0 Å². The summed E-state index contributed by atoms with van der Waals surface area (Å²) in [4.78, 5) is 15.4. The molecule has 4 nitrogen and oxygen atoms in total. The van der Waals surface area contributed by atoms with Crippen molar-refractivity contribution in [2.75, 3.05) is 6.54 Å². The third kappa shape index (κ3) is 4.67. The van der Waals surface area contributed by atoms with E-state index in [1.165, 1.54) is 16.7 Å². The van der Waals surface area contributed by atoms with Crippen molar-refractivity contribution in [3.63, 3.8) is 0 Å². The minimum absolute atomic E-state index is 0. The lowest BCUT2D eigenvalue weighted by atomic mass is 9.96. The molecule has 2 heterocycles. The standard InChI is InChI=1S/C26H27N3O.ClH/c30-26-23(17-20-12-6-2-7-13-20)28-25-22(16-19-10-4-1-5-11-19)27-24(18-29(25)26)21-14-8-3-9-15-21;/h1-15,22-25,27-28H,16-18H2;1H. The number of benzene rings is 3. The van der Waals surface area contributed by atoms with Gasteiger partial charge in [-0.15, -0.1) is 12.4 Å². The summed E-state index contributed by atoms with van der Waals surface area (Å²) in [6, 6.07) is 31.4. The third-order valence-electron chi connectivity index (χ3n) is 6.25. The van der Waals surface area contributed by atoms with Gasteiger partial charge in [-0.25, -0.2) is 0 Å². The van der Waals surface area contributed by atoms with E-state index in [9.17, 15) is 4.79 Å². The van der Waals surface area contributed by atoms with Crippen molar-refractivity contribution in [1.29, 1.82) is 0 Å². The molecule has 3 aromatic carbocycles. The van der Waals surface area contributed by atoms with Gasteiger partial charge in [0.1, 0.15) is 0 Å². The van der Waals surface area contributed by atoms with Gasteiger partial charge in [0, 0.05) is 12.6 Å². The monoisotopic (exact) mass is 433 g/mol. The number of hydrogen-bond acceptors (Lipinski definition) is 3. The Labute approximate surface area is 190 Å². The molecular weight excluding hydrogens is 406 g/mol. The number of piperazine rings is 1. The number of fused-ring (bicyclic) bond motifs is 1. The molecule has 0 saturated carbocycles. The molecule has 0 aromatic heterocycles. The fourth-order valence-corrected chi connectivity index (χ4v) is 4.76. The molecule has 160 valence electrons. The van der Waals surface area contributed by atoms with Crippen molar-refractivity contribution in [1.82, 2.24) is 15.5 Å². The Morgan fingerprint density at radius 1 is 0.742 bits per heavy atom. The van der Waals surface area contributed by atoms with Crippen molar-refractivity contribution < 1.29 is 4.79 Å². The Morgan fingerprint density at radius 2 is 1.29 bits per heavy atom. The van der Waals surface area contributed by atoms with Gasteiger partial charge in [0.05, 0.1) is 18.2 Å². The topological polar surface area (TPSA) is 44.4 Å². The minimum Gasteiger partial charge on any atom is -0.322 e. The number of rotatable bonds is 5. The molecule has 0 aliphatic carbocycles. The number of carbonyl (C=O) groups excluding carboxylic acids is 1. The lowest BCUT2D eigenvalue weighted by molar-refractivity contribution is -0.131. The van der Waals surface area contributed by atoms with Crippen LogP contribution in [0.3, 0.4) is 0 Å². The lowest BCUT2D eigenvalue weighted by Crippen LogP contribution is -2.61. The van der Waals surface area contributed by atoms with Gasteiger partial charge in [-0.1, -0.05) is 91.0 Å². The van der Waals surface area contributed by atoms with Gasteiger partial charge in [0.25, 0.3) is 0 Å². The summed E-state index contributed by atoms with van der Waals surface area (Å²) in [7, 11) is 0. The van der Waals surface area contributed by atoms with Crippen molar-refractivity contribution in [2.24, 2.45) is 0 Å². The van der Waals surface area contributed by atoms with Crippen LogP contribution in [0.4, 0.5) is 0 Å². The van der Waals surface area contributed by atoms with Gasteiger partial charge in [-0.3, -0.25) is 10.1 Å². The van der Waals surface area contributed by atoms with Crippen LogP contribution in [-0.4, -0.2) is 35.6 Å². The summed E-state index contributed by atoms with van der Waals surface area (Å²) in [6.45, 7) is 0.692. The number of nitrogens with zero attached hydrogens (tertiary/aromatic N) is 1. The molecule has 5 rings (SSSR count). The van der Waals surface area contributed by atoms with Gasteiger partial charge in [0.2, 0.25) is 5.91 Å². The van der Waals surface area contributed by atoms with E-state index >= 15 is 0 Å². The van der Waals surface area contributed by atoms with Gasteiger partial charge >= 0.3 is 0 Å². The second-order valence-corrected chi connectivity index (χ2v) is 8.27. The first-order valence-corrected chi connectivity index (χ1v) is 10.7. The molecule has 4 unspecified atom stereocenters. The van der Waals surface area contributed by atoms with Gasteiger partial charge in [-0.2, -0.15) is 0 Å². The Bertz CT molecular complexity index is 983. The Morgan fingerprint density at radius 3 is 1.90 bits per heavy atom. The fraction of sp³-hybridized carbons (Fsp3) is 0.269. The van der Waals surface area contributed by atoms with Crippen LogP contribution in [0.25, 0.3) is 0 Å². The van der Waals surface area contributed by atoms with E-state index in [-0.39, 0.29) is 42.6 Å². The van der Waals surface area contributed by atoms with E-state index in [0.717, 1.165) is 12.8 Å². The molecule has 0 radical (unpaired) electrons. The van der Waals surface area contributed by atoms with E-state index in [4.69, 9.17) is 0 Å². The Hall–Kier alpha value is -2.66. The molecule has 31 heavy (non-hydrogen) atoms. The largest absolute Gasteiger partial charge is 0.322 e. The number of nitrogens with one attached hydrogen (secondary N) is 2. The molecule has 0 bridgehead atoms. The predicted octanol–water partition coefficient (Wildman–Crippen LogP) is 3.73. The second kappa shape index (κ2) is 9.65. The zero-order chi connectivity index (χ0) is 20.3. The smallest absolute Gasteiger partial charge is 0.241 e. The van der Waals surface area contributed by atoms with Crippen LogP contribution in [0.2, 0.25) is 0 Å². The van der Waals surface area contributed by atoms with E-state index in [0.29, 0.717) is 6.54 Å². The molecule has 1 amide bonds. The molecule has 5 heteroatoms. The highest BCUT2D eigenvalue weighted by Crippen LogP contribution is 2.28. The van der Waals surface area contributed by atoms with Crippen molar-refractivity contribution in [3.05, 3.63) is 108 Å². The molecule has 2 fully saturated rings. The highest BCUT2D eigenvalue weighted by Gasteiger charge is 2.46. The average Bonchev–Trinajstić information content (AvgIpc) is 3.11. The summed E-state index contributed by atoms with van der Waals surface area (Å²) in [5.74, 6) is 0.212. The Kier molecular flexibility index (Phi) is 6.71. The van der Waals surface area contributed by atoms with Crippen LogP contribution in [0, 0.1) is 0 Å². The van der Waals surface area contributed by atoms with E-state index < -0.39 is 0 Å². The molecule has 4 atom stereocenters. The number of carbonyl (C=O) groups is 1. The Balaban J connectivity index is 0.00000231. The number of halogens is 1. The molecule has 2 saturated heterocycles. The zero-order valence-corrected chi connectivity index (χ0v) is 18.2. The van der Waals surface area contributed by atoms with E-state index in [2.05, 4.69) is 76.2 Å². The summed E-state index contributed by atoms with van der Waals surface area (Å²) in [5, 5.41) is 7.49. The molecule has 2 aliphatic rings. The van der Waals surface area contributed by atoms with Crippen LogP contribution >= 0.6 is 12.4 Å². The molecule has 0 spiro atoms. The maximum atomic E-state index is 13.4. The number of hydrogen-bond donors (Lipinski definition) is 2. The lowest BCUT2D eigenvalue weighted by Gasteiger charge is -2.42. The first-order chi connectivity index (χ1) is 14.8.